The van der Waals surface area contributed by atoms with E-state index in [-0.39, 0.29) is 19.8 Å². The Morgan fingerprint density at radius 2 is 2.05 bits per heavy atom. The van der Waals surface area contributed by atoms with Crippen LogP contribution in [0.1, 0.15) is 19.4 Å². The number of amides is 1. The average molecular weight is 293 g/mol. The molecule has 1 atom stereocenters. The number of nitrogens with zero attached hydrogens (tertiary/aromatic N) is 1. The van der Waals surface area contributed by atoms with E-state index in [1.807, 2.05) is 44.2 Å². The van der Waals surface area contributed by atoms with Crippen LogP contribution >= 0.6 is 0 Å². The molecule has 1 heterocycles. The summed E-state index contributed by atoms with van der Waals surface area (Å²) in [4.78, 5) is 24.6. The zero-order valence-electron chi connectivity index (χ0n) is 12.1. The molecule has 6 nitrogen and oxygen atoms in total. The van der Waals surface area contributed by atoms with Gasteiger partial charge in [-0.3, -0.25) is 4.90 Å². The van der Waals surface area contributed by atoms with Crippen LogP contribution in [0.25, 0.3) is 0 Å². The van der Waals surface area contributed by atoms with Gasteiger partial charge in [0.05, 0.1) is 18.8 Å². The van der Waals surface area contributed by atoms with Crippen molar-refractivity contribution in [2.75, 3.05) is 13.2 Å². The third kappa shape index (κ3) is 3.95. The van der Waals surface area contributed by atoms with E-state index in [0.717, 1.165) is 5.56 Å². The first kappa shape index (κ1) is 15.3. The second-order valence-electron chi connectivity index (χ2n) is 5.59. The average Bonchev–Trinajstić information content (AvgIpc) is 2.44. The fourth-order valence-electron chi connectivity index (χ4n) is 2.16. The lowest BCUT2D eigenvalue weighted by atomic mass is 10.1. The summed E-state index contributed by atoms with van der Waals surface area (Å²) in [5.41, 5.74) is 0.266. The third-order valence-corrected chi connectivity index (χ3v) is 3.28. The number of benzene rings is 1. The quantitative estimate of drug-likeness (QED) is 0.921. The fraction of sp³-hybridized carbons (Fsp3) is 0.467. The lowest BCUT2D eigenvalue weighted by Gasteiger charge is -2.41. The number of rotatable bonds is 3. The van der Waals surface area contributed by atoms with Gasteiger partial charge in [-0.25, -0.2) is 9.59 Å². The first-order valence-electron chi connectivity index (χ1n) is 6.73. The van der Waals surface area contributed by atoms with E-state index >= 15 is 0 Å². The highest BCUT2D eigenvalue weighted by atomic mass is 16.6. The molecule has 0 aromatic heterocycles. The van der Waals surface area contributed by atoms with Crippen LogP contribution in [0.5, 0.6) is 0 Å². The summed E-state index contributed by atoms with van der Waals surface area (Å²) in [6, 6.07) is 8.23. The highest BCUT2D eigenvalue weighted by Gasteiger charge is 2.41. The van der Waals surface area contributed by atoms with Crippen LogP contribution < -0.4 is 0 Å². The number of carbonyl (C=O) groups excluding carboxylic acids is 1. The molecule has 114 valence electrons. The van der Waals surface area contributed by atoms with Crippen LogP contribution in [-0.2, 0) is 20.9 Å². The molecule has 1 aliphatic heterocycles. The van der Waals surface area contributed by atoms with Crippen LogP contribution in [-0.4, -0.2) is 46.9 Å². The molecule has 6 heteroatoms. The van der Waals surface area contributed by atoms with Crippen molar-refractivity contribution < 1.29 is 24.2 Å². The maximum Gasteiger partial charge on any atom is 0.411 e. The molecule has 21 heavy (non-hydrogen) atoms. The van der Waals surface area contributed by atoms with Crippen molar-refractivity contribution in [2.24, 2.45) is 0 Å². The van der Waals surface area contributed by atoms with Crippen LogP contribution in [0.4, 0.5) is 4.79 Å². The maximum absolute atomic E-state index is 12.2. The van der Waals surface area contributed by atoms with Gasteiger partial charge in [0.1, 0.15) is 6.61 Å². The Kier molecular flexibility index (Phi) is 4.47. The smallest absolute Gasteiger partial charge is 0.411 e. The van der Waals surface area contributed by atoms with Crippen molar-refractivity contribution in [3.8, 4) is 0 Å². The zero-order chi connectivity index (χ0) is 15.5. The van der Waals surface area contributed by atoms with Gasteiger partial charge in [-0.15, -0.1) is 0 Å². The summed E-state index contributed by atoms with van der Waals surface area (Å²) >= 11 is 0. The summed E-state index contributed by atoms with van der Waals surface area (Å²) < 4.78 is 10.7. The summed E-state index contributed by atoms with van der Waals surface area (Å²) in [7, 11) is 0. The first-order valence-corrected chi connectivity index (χ1v) is 6.73. The van der Waals surface area contributed by atoms with Crippen LogP contribution in [0.15, 0.2) is 30.3 Å². The third-order valence-electron chi connectivity index (χ3n) is 3.28. The number of morpholine rings is 1. The number of carboxylic acid groups (broad SMARTS) is 1. The standard InChI is InChI=1S/C15H19NO5/c1-15(2)10-16(12(9-21-15)13(17)18)14(19)20-8-11-6-4-3-5-7-11/h3-7,12H,8-10H2,1-2H3,(H,17,18)/t12-/m1/s1. The molecule has 0 aliphatic carbocycles. The molecular formula is C15H19NO5. The van der Waals surface area contributed by atoms with Gasteiger partial charge >= 0.3 is 12.1 Å². The van der Waals surface area contributed by atoms with Crippen molar-refractivity contribution in [3.63, 3.8) is 0 Å². The minimum absolute atomic E-state index is 0.0389. The van der Waals surface area contributed by atoms with Crippen LogP contribution in [0.2, 0.25) is 0 Å². The highest BCUT2D eigenvalue weighted by Crippen LogP contribution is 2.22. The first-order chi connectivity index (χ1) is 9.89. The molecule has 1 amide bonds. The van der Waals surface area contributed by atoms with Crippen LogP contribution in [0, 0.1) is 0 Å². The minimum atomic E-state index is -1.10. The Morgan fingerprint density at radius 3 is 2.67 bits per heavy atom. The van der Waals surface area contributed by atoms with E-state index in [1.54, 1.807) is 0 Å². The Labute approximate surface area is 123 Å². The molecule has 0 bridgehead atoms. The molecule has 0 unspecified atom stereocenters. The molecule has 1 aromatic rings. The van der Waals surface area contributed by atoms with Gasteiger partial charge < -0.3 is 14.6 Å². The molecule has 2 rings (SSSR count). The summed E-state index contributed by atoms with van der Waals surface area (Å²) in [5, 5.41) is 9.18. The van der Waals surface area contributed by atoms with Gasteiger partial charge in [-0.1, -0.05) is 30.3 Å². The predicted octanol–water partition coefficient (Wildman–Crippen LogP) is 1.89. The molecule has 1 aromatic carbocycles. The zero-order valence-corrected chi connectivity index (χ0v) is 12.1. The fourth-order valence-corrected chi connectivity index (χ4v) is 2.16. The Bertz CT molecular complexity index is 514. The van der Waals surface area contributed by atoms with Crippen molar-refractivity contribution in [1.82, 2.24) is 4.90 Å². The topological polar surface area (TPSA) is 76.1 Å². The van der Waals surface area contributed by atoms with Crippen molar-refractivity contribution in [2.45, 2.75) is 32.1 Å². The van der Waals surface area contributed by atoms with E-state index in [9.17, 15) is 14.7 Å². The minimum Gasteiger partial charge on any atom is -0.480 e. The van der Waals surface area contributed by atoms with E-state index in [1.165, 1.54) is 4.90 Å². The van der Waals surface area contributed by atoms with E-state index < -0.39 is 23.7 Å². The summed E-state index contributed by atoms with van der Waals surface area (Å²) in [6.45, 7) is 3.87. The molecule has 0 radical (unpaired) electrons. The molecule has 1 fully saturated rings. The lowest BCUT2D eigenvalue weighted by Crippen LogP contribution is -2.58. The van der Waals surface area contributed by atoms with Crippen molar-refractivity contribution in [3.05, 3.63) is 35.9 Å². The normalized spacial score (nSPS) is 20.9. The molecular weight excluding hydrogens is 274 g/mol. The Hall–Kier alpha value is -2.08. The van der Waals surface area contributed by atoms with Gasteiger partial charge in [-0.2, -0.15) is 0 Å². The molecule has 1 saturated heterocycles. The molecule has 0 spiro atoms. The second-order valence-corrected chi connectivity index (χ2v) is 5.59. The van der Waals surface area contributed by atoms with Gasteiger partial charge in [0.25, 0.3) is 0 Å². The van der Waals surface area contributed by atoms with Gasteiger partial charge in [0.2, 0.25) is 0 Å². The Morgan fingerprint density at radius 1 is 1.38 bits per heavy atom. The number of hydrogen-bond acceptors (Lipinski definition) is 4. The molecule has 0 saturated carbocycles. The lowest BCUT2D eigenvalue weighted by molar-refractivity contribution is -0.159. The van der Waals surface area contributed by atoms with Crippen molar-refractivity contribution >= 4 is 12.1 Å². The van der Waals surface area contributed by atoms with E-state index in [2.05, 4.69) is 0 Å². The number of aliphatic carboxylic acids is 1. The van der Waals surface area contributed by atoms with Gasteiger partial charge in [0, 0.05) is 0 Å². The van der Waals surface area contributed by atoms with E-state index in [0.29, 0.717) is 0 Å². The van der Waals surface area contributed by atoms with Gasteiger partial charge in [-0.05, 0) is 19.4 Å². The number of ether oxygens (including phenoxy) is 2. The number of carboxylic acids is 1. The predicted molar refractivity (Wildman–Crippen MR) is 74.8 cm³/mol. The molecule has 1 N–H and O–H groups in total. The SMILES string of the molecule is CC1(C)CN(C(=O)OCc2ccccc2)[C@@H](C(=O)O)CO1. The second kappa shape index (κ2) is 6.13. The monoisotopic (exact) mass is 293 g/mol. The number of carbonyl (C=O) groups is 2. The van der Waals surface area contributed by atoms with E-state index in [4.69, 9.17) is 9.47 Å². The van der Waals surface area contributed by atoms with Crippen LogP contribution in [0.3, 0.4) is 0 Å². The highest BCUT2D eigenvalue weighted by molar-refractivity contribution is 5.80. The largest absolute Gasteiger partial charge is 0.480 e. The number of hydrogen-bond donors (Lipinski definition) is 1. The summed E-state index contributed by atoms with van der Waals surface area (Å²) in [6.07, 6.45) is -0.636. The maximum atomic E-state index is 12.2. The van der Waals surface area contributed by atoms with Crippen molar-refractivity contribution in [1.29, 1.82) is 0 Å². The van der Waals surface area contributed by atoms with Gasteiger partial charge in [0.15, 0.2) is 6.04 Å². The summed E-state index contributed by atoms with van der Waals surface area (Å²) in [5.74, 6) is -1.10. The molecule has 1 aliphatic rings. The Balaban J connectivity index is 2.02.